The van der Waals surface area contributed by atoms with E-state index in [0.717, 1.165) is 24.4 Å². The van der Waals surface area contributed by atoms with Gasteiger partial charge >= 0.3 is 0 Å². The summed E-state index contributed by atoms with van der Waals surface area (Å²) in [4.78, 5) is 7.48. The lowest BCUT2D eigenvalue weighted by Gasteiger charge is -2.36. The first-order valence-electron chi connectivity index (χ1n) is 6.39. The molecule has 17 heavy (non-hydrogen) atoms. The average Bonchev–Trinajstić information content (AvgIpc) is 2.64. The molecule has 1 aliphatic carbocycles. The van der Waals surface area contributed by atoms with Gasteiger partial charge in [-0.05, 0) is 52.5 Å². The minimum Gasteiger partial charge on any atom is -0.345 e. The van der Waals surface area contributed by atoms with Crippen LogP contribution in [0.2, 0.25) is 0 Å². The van der Waals surface area contributed by atoms with Crippen molar-refractivity contribution in [1.82, 2.24) is 15.3 Å². The van der Waals surface area contributed by atoms with E-state index in [4.69, 9.17) is 0 Å². The molecule has 1 fully saturated rings. The maximum absolute atomic E-state index is 14.1. The van der Waals surface area contributed by atoms with Crippen LogP contribution in [0, 0.1) is 12.8 Å². The van der Waals surface area contributed by atoms with E-state index in [1.807, 2.05) is 20.2 Å². The Hall–Kier alpha value is -0.900. The van der Waals surface area contributed by atoms with Crippen LogP contribution in [0.15, 0.2) is 6.20 Å². The van der Waals surface area contributed by atoms with Crippen molar-refractivity contribution >= 4 is 0 Å². The van der Waals surface area contributed by atoms with Gasteiger partial charge in [0.05, 0.1) is 11.7 Å². The summed E-state index contributed by atoms with van der Waals surface area (Å²) in [6.45, 7) is 3.67. The van der Waals surface area contributed by atoms with Gasteiger partial charge in [0, 0.05) is 6.20 Å². The highest BCUT2D eigenvalue weighted by Crippen LogP contribution is 2.40. The second kappa shape index (κ2) is 4.77. The van der Waals surface area contributed by atoms with Crippen molar-refractivity contribution in [3.05, 3.63) is 17.7 Å². The standard InChI is InChI=1S/C13H22FN3/c1-9-16-8-11(17-9)12(15-3)10-5-4-6-13(2,14)7-10/h8,10,12,15H,4-7H2,1-3H3,(H,16,17). The van der Waals surface area contributed by atoms with Crippen LogP contribution < -0.4 is 5.32 Å². The van der Waals surface area contributed by atoms with Crippen molar-refractivity contribution in [3.63, 3.8) is 0 Å². The minimum atomic E-state index is -1.01. The molecule has 0 amide bonds. The number of rotatable bonds is 3. The van der Waals surface area contributed by atoms with Crippen LogP contribution in [0.25, 0.3) is 0 Å². The van der Waals surface area contributed by atoms with Crippen LogP contribution in [0.5, 0.6) is 0 Å². The van der Waals surface area contributed by atoms with E-state index in [1.165, 1.54) is 0 Å². The fourth-order valence-corrected chi connectivity index (χ4v) is 3.01. The summed E-state index contributed by atoms with van der Waals surface area (Å²) < 4.78 is 14.1. The van der Waals surface area contributed by atoms with Crippen LogP contribution in [0.4, 0.5) is 4.39 Å². The molecule has 0 bridgehead atoms. The first kappa shape index (κ1) is 12.6. The minimum absolute atomic E-state index is 0.187. The number of aromatic nitrogens is 2. The molecule has 3 atom stereocenters. The number of H-pyrrole nitrogens is 1. The molecule has 1 aromatic rings. The van der Waals surface area contributed by atoms with E-state index < -0.39 is 5.67 Å². The van der Waals surface area contributed by atoms with Crippen LogP contribution >= 0.6 is 0 Å². The third-order valence-corrected chi connectivity index (χ3v) is 3.80. The molecule has 0 radical (unpaired) electrons. The normalized spacial score (nSPS) is 31.4. The lowest BCUT2D eigenvalue weighted by atomic mass is 9.76. The Morgan fingerprint density at radius 2 is 2.41 bits per heavy atom. The second-order valence-electron chi connectivity index (χ2n) is 5.46. The highest BCUT2D eigenvalue weighted by Gasteiger charge is 2.36. The topological polar surface area (TPSA) is 40.7 Å². The van der Waals surface area contributed by atoms with Crippen LogP contribution in [0.1, 0.15) is 50.2 Å². The number of nitrogens with one attached hydrogen (secondary N) is 2. The number of hydrogen-bond donors (Lipinski definition) is 2. The molecule has 3 nitrogen and oxygen atoms in total. The van der Waals surface area contributed by atoms with E-state index in [2.05, 4.69) is 15.3 Å². The van der Waals surface area contributed by atoms with E-state index in [0.29, 0.717) is 18.8 Å². The van der Waals surface area contributed by atoms with Gasteiger partial charge in [-0.25, -0.2) is 9.37 Å². The second-order valence-corrected chi connectivity index (χ2v) is 5.46. The molecule has 1 aliphatic rings. The molecule has 2 rings (SSSR count). The summed E-state index contributed by atoms with van der Waals surface area (Å²) in [5.41, 5.74) is 0.0697. The van der Waals surface area contributed by atoms with Crippen molar-refractivity contribution in [3.8, 4) is 0 Å². The zero-order chi connectivity index (χ0) is 12.5. The van der Waals surface area contributed by atoms with Gasteiger partial charge in [-0.1, -0.05) is 0 Å². The molecule has 0 aliphatic heterocycles. The lowest BCUT2D eigenvalue weighted by molar-refractivity contribution is 0.0790. The molecule has 3 unspecified atom stereocenters. The summed E-state index contributed by atoms with van der Waals surface area (Å²) >= 11 is 0. The molecule has 0 saturated heterocycles. The number of alkyl halides is 1. The van der Waals surface area contributed by atoms with Crippen molar-refractivity contribution in [2.45, 2.75) is 51.2 Å². The van der Waals surface area contributed by atoms with Gasteiger partial charge in [-0.15, -0.1) is 0 Å². The number of halogens is 1. The molecule has 0 aromatic carbocycles. The average molecular weight is 239 g/mol. The molecule has 1 aromatic heterocycles. The predicted octanol–water partition coefficient (Wildman–Crippen LogP) is 2.90. The Morgan fingerprint density at radius 1 is 1.65 bits per heavy atom. The highest BCUT2D eigenvalue weighted by molar-refractivity contribution is 5.08. The summed E-state index contributed by atoms with van der Waals surface area (Å²) in [7, 11) is 1.94. The van der Waals surface area contributed by atoms with Crippen LogP contribution in [-0.4, -0.2) is 22.7 Å². The molecule has 96 valence electrons. The first-order valence-corrected chi connectivity index (χ1v) is 6.39. The Bertz CT molecular complexity index is 372. The zero-order valence-corrected chi connectivity index (χ0v) is 10.9. The molecule has 0 spiro atoms. The van der Waals surface area contributed by atoms with Crippen molar-refractivity contribution in [2.75, 3.05) is 7.05 Å². The predicted molar refractivity (Wildman–Crippen MR) is 66.6 cm³/mol. The number of imidazole rings is 1. The fraction of sp³-hybridized carbons (Fsp3) is 0.769. The van der Waals surface area contributed by atoms with Gasteiger partial charge in [0.15, 0.2) is 0 Å². The summed E-state index contributed by atoms with van der Waals surface area (Å²) in [6.07, 6.45) is 5.26. The van der Waals surface area contributed by atoms with E-state index in [1.54, 1.807) is 6.92 Å². The molecule has 1 saturated carbocycles. The number of aromatic amines is 1. The van der Waals surface area contributed by atoms with Crippen molar-refractivity contribution in [2.24, 2.45) is 5.92 Å². The monoisotopic (exact) mass is 239 g/mol. The SMILES string of the molecule is CNC(c1cnc(C)[nH]1)C1CCCC(C)(F)C1. The van der Waals surface area contributed by atoms with E-state index >= 15 is 0 Å². The highest BCUT2D eigenvalue weighted by atomic mass is 19.1. The van der Waals surface area contributed by atoms with Crippen molar-refractivity contribution in [1.29, 1.82) is 0 Å². The van der Waals surface area contributed by atoms with Gasteiger partial charge in [0.1, 0.15) is 11.5 Å². The smallest absolute Gasteiger partial charge is 0.108 e. The fourth-order valence-electron chi connectivity index (χ4n) is 3.01. The quantitative estimate of drug-likeness (QED) is 0.851. The third kappa shape index (κ3) is 2.86. The van der Waals surface area contributed by atoms with Gasteiger partial charge in [0.25, 0.3) is 0 Å². The third-order valence-electron chi connectivity index (χ3n) is 3.80. The molecule has 2 N–H and O–H groups in total. The van der Waals surface area contributed by atoms with Gasteiger partial charge < -0.3 is 10.3 Å². The zero-order valence-electron chi connectivity index (χ0n) is 10.9. The van der Waals surface area contributed by atoms with E-state index in [9.17, 15) is 4.39 Å². The maximum Gasteiger partial charge on any atom is 0.108 e. The Balaban J connectivity index is 2.13. The van der Waals surface area contributed by atoms with Gasteiger partial charge in [-0.2, -0.15) is 0 Å². The Morgan fingerprint density at radius 3 is 2.94 bits per heavy atom. The molecular formula is C13H22FN3. The Kier molecular flexibility index (Phi) is 3.52. The van der Waals surface area contributed by atoms with Gasteiger partial charge in [-0.3, -0.25) is 0 Å². The lowest BCUT2D eigenvalue weighted by Crippen LogP contribution is -2.35. The van der Waals surface area contributed by atoms with Crippen molar-refractivity contribution < 1.29 is 4.39 Å². The number of aryl methyl sites for hydroxylation is 1. The molecular weight excluding hydrogens is 217 g/mol. The summed E-state index contributed by atoms with van der Waals surface area (Å²) in [5, 5.41) is 3.30. The van der Waals surface area contributed by atoms with E-state index in [-0.39, 0.29) is 6.04 Å². The van der Waals surface area contributed by atoms with Crippen LogP contribution in [0.3, 0.4) is 0 Å². The van der Waals surface area contributed by atoms with Gasteiger partial charge in [0.2, 0.25) is 0 Å². The molecule has 1 heterocycles. The number of nitrogens with zero attached hydrogens (tertiary/aromatic N) is 1. The summed E-state index contributed by atoms with van der Waals surface area (Å²) in [5.74, 6) is 1.27. The maximum atomic E-state index is 14.1. The number of hydrogen-bond acceptors (Lipinski definition) is 2. The van der Waals surface area contributed by atoms with Crippen LogP contribution in [-0.2, 0) is 0 Å². The Labute approximate surface area is 102 Å². The molecule has 4 heteroatoms. The summed E-state index contributed by atoms with van der Waals surface area (Å²) in [6, 6.07) is 0.187. The first-order chi connectivity index (χ1) is 8.02. The largest absolute Gasteiger partial charge is 0.345 e.